The molecule has 0 bridgehead atoms. The lowest BCUT2D eigenvalue weighted by Gasteiger charge is -2.22. The molecule has 0 aliphatic carbocycles. The maximum atomic E-state index is 12.1. The lowest BCUT2D eigenvalue weighted by Crippen LogP contribution is -2.35. The van der Waals surface area contributed by atoms with Crippen LogP contribution in [0.15, 0.2) is 24.3 Å². The predicted molar refractivity (Wildman–Crippen MR) is 72.2 cm³/mol. The van der Waals surface area contributed by atoms with Crippen LogP contribution in [-0.2, 0) is 11.2 Å². The Labute approximate surface area is 113 Å². The van der Waals surface area contributed by atoms with Crippen molar-refractivity contribution in [1.29, 1.82) is 5.26 Å². The maximum absolute atomic E-state index is 12.1. The number of carbonyl (C=O) groups is 1. The number of hydrogen-bond acceptors (Lipinski definition) is 2. The van der Waals surface area contributed by atoms with Gasteiger partial charge in [-0.3, -0.25) is 4.79 Å². The van der Waals surface area contributed by atoms with E-state index in [1.807, 2.05) is 26.0 Å². The Morgan fingerprint density at radius 1 is 1.56 bits per heavy atom. The van der Waals surface area contributed by atoms with E-state index in [0.717, 1.165) is 5.56 Å². The molecular formula is C14H17ClN2O. The SMILES string of the molecule is CCN(CC(C)C#N)C(=O)Cc1cccc(Cl)c1. The number of nitriles is 1. The highest BCUT2D eigenvalue weighted by Gasteiger charge is 2.15. The molecule has 0 aliphatic heterocycles. The molecule has 1 unspecified atom stereocenters. The number of benzene rings is 1. The first-order chi connectivity index (χ1) is 8.56. The Bertz CT molecular complexity index is 453. The summed E-state index contributed by atoms with van der Waals surface area (Å²) in [5, 5.41) is 9.41. The molecule has 0 radical (unpaired) electrons. The molecule has 0 saturated carbocycles. The van der Waals surface area contributed by atoms with Crippen molar-refractivity contribution in [2.75, 3.05) is 13.1 Å². The highest BCUT2D eigenvalue weighted by molar-refractivity contribution is 6.30. The van der Waals surface area contributed by atoms with Gasteiger partial charge in [0, 0.05) is 18.1 Å². The lowest BCUT2D eigenvalue weighted by molar-refractivity contribution is -0.130. The van der Waals surface area contributed by atoms with Gasteiger partial charge in [-0.25, -0.2) is 0 Å². The third kappa shape index (κ3) is 4.38. The van der Waals surface area contributed by atoms with E-state index in [2.05, 4.69) is 6.07 Å². The Balaban J connectivity index is 2.66. The van der Waals surface area contributed by atoms with E-state index in [0.29, 0.717) is 24.5 Å². The van der Waals surface area contributed by atoms with Crippen molar-refractivity contribution >= 4 is 17.5 Å². The number of halogens is 1. The van der Waals surface area contributed by atoms with E-state index in [9.17, 15) is 4.79 Å². The molecule has 0 saturated heterocycles. The summed E-state index contributed by atoms with van der Waals surface area (Å²) in [5.41, 5.74) is 0.899. The number of amides is 1. The Kier molecular flexibility index (Phi) is 5.67. The first-order valence-corrected chi connectivity index (χ1v) is 6.36. The van der Waals surface area contributed by atoms with Crippen LogP contribution in [0.3, 0.4) is 0 Å². The molecule has 1 atom stereocenters. The number of nitrogens with zero attached hydrogens (tertiary/aromatic N) is 2. The zero-order valence-electron chi connectivity index (χ0n) is 10.7. The molecule has 0 fully saturated rings. The third-order valence-electron chi connectivity index (χ3n) is 2.69. The van der Waals surface area contributed by atoms with Crippen LogP contribution in [0.1, 0.15) is 19.4 Å². The summed E-state index contributed by atoms with van der Waals surface area (Å²) in [7, 11) is 0. The molecule has 0 aliphatic rings. The van der Waals surface area contributed by atoms with Gasteiger partial charge in [0.25, 0.3) is 0 Å². The van der Waals surface area contributed by atoms with Crippen LogP contribution in [0, 0.1) is 17.2 Å². The molecule has 1 rings (SSSR count). The van der Waals surface area contributed by atoms with Crippen LogP contribution < -0.4 is 0 Å². The fraction of sp³-hybridized carbons (Fsp3) is 0.429. The summed E-state index contributed by atoms with van der Waals surface area (Å²) in [6.45, 7) is 4.83. The summed E-state index contributed by atoms with van der Waals surface area (Å²) < 4.78 is 0. The normalized spacial score (nSPS) is 11.7. The van der Waals surface area contributed by atoms with Crippen molar-refractivity contribution < 1.29 is 4.79 Å². The molecule has 0 heterocycles. The Morgan fingerprint density at radius 3 is 2.83 bits per heavy atom. The van der Waals surface area contributed by atoms with Crippen molar-refractivity contribution in [2.24, 2.45) is 5.92 Å². The summed E-state index contributed by atoms with van der Waals surface area (Å²) in [6, 6.07) is 9.43. The van der Waals surface area contributed by atoms with Crippen molar-refractivity contribution in [2.45, 2.75) is 20.3 Å². The molecule has 1 amide bonds. The van der Waals surface area contributed by atoms with E-state index in [1.165, 1.54) is 0 Å². The summed E-state index contributed by atoms with van der Waals surface area (Å²) in [5.74, 6) is -0.116. The number of rotatable bonds is 5. The fourth-order valence-electron chi connectivity index (χ4n) is 1.71. The molecule has 0 N–H and O–H groups in total. The van der Waals surface area contributed by atoms with Gasteiger partial charge in [-0.2, -0.15) is 5.26 Å². The second kappa shape index (κ2) is 7.03. The molecule has 3 nitrogen and oxygen atoms in total. The van der Waals surface area contributed by atoms with E-state index >= 15 is 0 Å². The minimum Gasteiger partial charge on any atom is -0.341 e. The number of carbonyl (C=O) groups excluding carboxylic acids is 1. The average Bonchev–Trinajstić information content (AvgIpc) is 2.35. The van der Waals surface area contributed by atoms with Crippen molar-refractivity contribution in [3.05, 3.63) is 34.9 Å². The van der Waals surface area contributed by atoms with Gasteiger partial charge >= 0.3 is 0 Å². The Hall–Kier alpha value is -1.53. The second-order valence-corrected chi connectivity index (χ2v) is 4.71. The summed E-state index contributed by atoms with van der Waals surface area (Å²) in [4.78, 5) is 13.8. The first kappa shape index (κ1) is 14.5. The van der Waals surface area contributed by atoms with Gasteiger partial charge in [0.05, 0.1) is 18.4 Å². The lowest BCUT2D eigenvalue weighted by atomic mass is 10.1. The molecule has 4 heteroatoms. The van der Waals surface area contributed by atoms with E-state index in [-0.39, 0.29) is 11.8 Å². The van der Waals surface area contributed by atoms with Crippen LogP contribution in [-0.4, -0.2) is 23.9 Å². The molecular weight excluding hydrogens is 248 g/mol. The molecule has 18 heavy (non-hydrogen) atoms. The highest BCUT2D eigenvalue weighted by atomic mass is 35.5. The van der Waals surface area contributed by atoms with Crippen molar-refractivity contribution in [1.82, 2.24) is 4.90 Å². The number of likely N-dealkylation sites (N-methyl/N-ethyl adjacent to an activating group) is 1. The van der Waals surface area contributed by atoms with E-state index < -0.39 is 0 Å². The molecule has 1 aromatic carbocycles. The Morgan fingerprint density at radius 2 is 2.28 bits per heavy atom. The van der Waals surface area contributed by atoms with Crippen LogP contribution in [0.25, 0.3) is 0 Å². The zero-order valence-corrected chi connectivity index (χ0v) is 11.4. The van der Waals surface area contributed by atoms with Gasteiger partial charge in [-0.05, 0) is 31.5 Å². The smallest absolute Gasteiger partial charge is 0.227 e. The topological polar surface area (TPSA) is 44.1 Å². The van der Waals surface area contributed by atoms with E-state index in [1.54, 1.807) is 17.0 Å². The van der Waals surface area contributed by atoms with E-state index in [4.69, 9.17) is 16.9 Å². The molecule has 1 aromatic rings. The third-order valence-corrected chi connectivity index (χ3v) is 2.93. The van der Waals surface area contributed by atoms with Crippen molar-refractivity contribution in [3.8, 4) is 6.07 Å². The van der Waals surface area contributed by atoms with Crippen LogP contribution in [0.2, 0.25) is 5.02 Å². The van der Waals surface area contributed by atoms with Gasteiger partial charge in [-0.15, -0.1) is 0 Å². The molecule has 96 valence electrons. The minimum atomic E-state index is -0.145. The van der Waals surface area contributed by atoms with Crippen molar-refractivity contribution in [3.63, 3.8) is 0 Å². The predicted octanol–water partition coefficient (Wildman–Crippen LogP) is 2.89. The average molecular weight is 265 g/mol. The van der Waals surface area contributed by atoms with Gasteiger partial charge in [-0.1, -0.05) is 23.7 Å². The van der Waals surface area contributed by atoms with Crippen LogP contribution in [0.4, 0.5) is 0 Å². The maximum Gasteiger partial charge on any atom is 0.227 e. The molecule has 0 aromatic heterocycles. The van der Waals surface area contributed by atoms with Crippen LogP contribution in [0.5, 0.6) is 0 Å². The van der Waals surface area contributed by atoms with Crippen LogP contribution >= 0.6 is 11.6 Å². The monoisotopic (exact) mass is 264 g/mol. The summed E-state index contributed by atoms with van der Waals surface area (Å²) >= 11 is 5.88. The summed E-state index contributed by atoms with van der Waals surface area (Å²) in [6.07, 6.45) is 0.326. The minimum absolute atomic E-state index is 0.0295. The molecule has 0 spiro atoms. The first-order valence-electron chi connectivity index (χ1n) is 5.98. The zero-order chi connectivity index (χ0) is 13.5. The second-order valence-electron chi connectivity index (χ2n) is 4.27. The van der Waals surface area contributed by atoms with Gasteiger partial charge in [0.2, 0.25) is 5.91 Å². The van der Waals surface area contributed by atoms with Gasteiger partial charge in [0.1, 0.15) is 0 Å². The van der Waals surface area contributed by atoms with Gasteiger partial charge < -0.3 is 4.90 Å². The quantitative estimate of drug-likeness (QED) is 0.821. The van der Waals surface area contributed by atoms with Gasteiger partial charge in [0.15, 0.2) is 0 Å². The fourth-order valence-corrected chi connectivity index (χ4v) is 1.92. The standard InChI is InChI=1S/C14H17ClN2O/c1-3-17(10-11(2)9-16)14(18)8-12-5-4-6-13(15)7-12/h4-7,11H,3,8,10H2,1-2H3. The number of hydrogen-bond donors (Lipinski definition) is 0. The largest absolute Gasteiger partial charge is 0.341 e. The highest BCUT2D eigenvalue weighted by Crippen LogP contribution is 2.12.